The number of halogens is 1. The molecule has 0 bridgehead atoms. The Kier molecular flexibility index (Phi) is 6.61. The number of benzene rings is 2. The number of piperazine rings is 1. The number of fused-ring (bicyclic) bond motifs is 1. The van der Waals surface area contributed by atoms with Gasteiger partial charge >= 0.3 is 5.69 Å². The summed E-state index contributed by atoms with van der Waals surface area (Å²) in [6.45, 7) is 3.11. The summed E-state index contributed by atoms with van der Waals surface area (Å²) in [6.07, 6.45) is 0. The lowest BCUT2D eigenvalue weighted by Crippen LogP contribution is -2.50. The zero-order chi connectivity index (χ0) is 24.4. The Balaban J connectivity index is 1.35. The normalized spacial score (nSPS) is 14.5. The molecule has 0 saturated carbocycles. The lowest BCUT2D eigenvalue weighted by molar-refractivity contribution is -0.133. The highest BCUT2D eigenvalue weighted by atomic mass is 32.1. The van der Waals surface area contributed by atoms with Crippen LogP contribution in [0.3, 0.4) is 0 Å². The van der Waals surface area contributed by atoms with Crippen molar-refractivity contribution < 1.29 is 9.18 Å². The van der Waals surface area contributed by atoms with Gasteiger partial charge in [0.15, 0.2) is 0 Å². The maximum absolute atomic E-state index is 14.2. The molecular weight excluding hydrogens is 467 g/mol. The van der Waals surface area contributed by atoms with Gasteiger partial charge < -0.3 is 4.90 Å². The molecule has 3 heterocycles. The maximum atomic E-state index is 14.2. The van der Waals surface area contributed by atoms with Crippen LogP contribution in [-0.4, -0.2) is 51.0 Å². The summed E-state index contributed by atoms with van der Waals surface area (Å²) in [4.78, 5) is 43.5. The summed E-state index contributed by atoms with van der Waals surface area (Å²) in [5.41, 5.74) is 0.832. The topological polar surface area (TPSA) is 67.5 Å². The molecule has 0 spiro atoms. The average Bonchev–Trinajstić information content (AvgIpc) is 3.37. The third kappa shape index (κ3) is 4.82. The summed E-state index contributed by atoms with van der Waals surface area (Å²) in [5.74, 6) is -0.656. The Morgan fingerprint density at radius 1 is 0.857 bits per heavy atom. The molecule has 1 saturated heterocycles. The highest BCUT2D eigenvalue weighted by Crippen LogP contribution is 2.17. The first-order valence-electron chi connectivity index (χ1n) is 11.5. The molecule has 1 amide bonds. The first kappa shape index (κ1) is 23.2. The number of aromatic nitrogens is 2. The second-order valence-corrected chi connectivity index (χ2v) is 9.55. The van der Waals surface area contributed by atoms with Crippen molar-refractivity contribution in [2.24, 2.45) is 0 Å². The first-order chi connectivity index (χ1) is 17.0. The molecule has 4 aromatic rings. The van der Waals surface area contributed by atoms with Gasteiger partial charge in [-0.2, -0.15) is 0 Å². The van der Waals surface area contributed by atoms with Gasteiger partial charge in [0.05, 0.1) is 12.1 Å². The number of hydrogen-bond acceptors (Lipinski definition) is 5. The summed E-state index contributed by atoms with van der Waals surface area (Å²) in [5, 5.41) is 1.72. The summed E-state index contributed by atoms with van der Waals surface area (Å²) in [7, 11) is 0. The monoisotopic (exact) mass is 492 g/mol. The van der Waals surface area contributed by atoms with E-state index in [1.807, 2.05) is 18.2 Å². The number of thiophene rings is 1. The Bertz CT molecular complexity index is 1470. The SMILES string of the molecule is O=C(Cn1c(=O)n(Cc2ccccc2F)c(=O)c2sccc21)N1CCN(Cc2ccccc2)CC1. The number of nitrogens with zero attached hydrogens (tertiary/aromatic N) is 4. The Morgan fingerprint density at radius 3 is 2.31 bits per heavy atom. The van der Waals surface area contributed by atoms with E-state index in [0.717, 1.165) is 24.2 Å². The molecule has 35 heavy (non-hydrogen) atoms. The zero-order valence-electron chi connectivity index (χ0n) is 19.1. The molecule has 1 fully saturated rings. The minimum absolute atomic E-state index is 0.164. The third-order valence-electron chi connectivity index (χ3n) is 6.39. The molecular formula is C26H25FN4O3S. The molecule has 1 aliphatic rings. The summed E-state index contributed by atoms with van der Waals surface area (Å²) in [6, 6.07) is 17.9. The molecule has 0 N–H and O–H groups in total. The number of carbonyl (C=O) groups is 1. The van der Waals surface area contributed by atoms with Gasteiger partial charge in [-0.3, -0.25) is 23.6 Å². The van der Waals surface area contributed by atoms with Crippen LogP contribution in [0, 0.1) is 5.82 Å². The van der Waals surface area contributed by atoms with Crippen LogP contribution in [0.15, 0.2) is 75.6 Å². The van der Waals surface area contributed by atoms with Gasteiger partial charge in [-0.05, 0) is 23.1 Å². The lowest BCUT2D eigenvalue weighted by atomic mass is 10.2. The molecule has 0 aliphatic carbocycles. The van der Waals surface area contributed by atoms with E-state index in [1.165, 1.54) is 27.5 Å². The van der Waals surface area contributed by atoms with Crippen LogP contribution >= 0.6 is 11.3 Å². The predicted molar refractivity (Wildman–Crippen MR) is 134 cm³/mol. The number of hydrogen-bond donors (Lipinski definition) is 0. The van der Waals surface area contributed by atoms with Crippen molar-refractivity contribution in [3.05, 3.63) is 104 Å². The van der Waals surface area contributed by atoms with Crippen LogP contribution in [0.1, 0.15) is 11.1 Å². The van der Waals surface area contributed by atoms with Crippen molar-refractivity contribution in [1.82, 2.24) is 18.9 Å². The van der Waals surface area contributed by atoms with Gasteiger partial charge in [0.1, 0.15) is 17.1 Å². The lowest BCUT2D eigenvalue weighted by Gasteiger charge is -2.35. The van der Waals surface area contributed by atoms with Gasteiger partial charge in [0.25, 0.3) is 5.56 Å². The van der Waals surface area contributed by atoms with Crippen molar-refractivity contribution in [3.63, 3.8) is 0 Å². The maximum Gasteiger partial charge on any atom is 0.332 e. The predicted octanol–water partition coefficient (Wildman–Crippen LogP) is 2.76. The number of amides is 1. The Morgan fingerprint density at radius 2 is 1.57 bits per heavy atom. The highest BCUT2D eigenvalue weighted by Gasteiger charge is 2.24. The standard InChI is InChI=1S/C26H25FN4O3S/c27-21-9-5-4-8-20(21)17-31-25(33)24-22(10-15-35-24)30(26(31)34)18-23(32)29-13-11-28(12-14-29)16-19-6-2-1-3-7-19/h1-10,15H,11-14,16-18H2. The fraction of sp³-hybridized carbons (Fsp3) is 0.269. The van der Waals surface area contributed by atoms with E-state index in [4.69, 9.17) is 0 Å². The van der Waals surface area contributed by atoms with Crippen LogP contribution in [0.4, 0.5) is 4.39 Å². The van der Waals surface area contributed by atoms with E-state index in [1.54, 1.807) is 34.5 Å². The van der Waals surface area contributed by atoms with Crippen molar-refractivity contribution >= 4 is 27.5 Å². The molecule has 0 radical (unpaired) electrons. The van der Waals surface area contributed by atoms with E-state index in [0.29, 0.717) is 23.3 Å². The fourth-order valence-electron chi connectivity index (χ4n) is 4.45. The highest BCUT2D eigenvalue weighted by molar-refractivity contribution is 7.17. The van der Waals surface area contributed by atoms with E-state index < -0.39 is 17.1 Å². The molecule has 1 aliphatic heterocycles. The van der Waals surface area contributed by atoms with Crippen LogP contribution < -0.4 is 11.2 Å². The van der Waals surface area contributed by atoms with Gasteiger partial charge in [-0.15, -0.1) is 11.3 Å². The smallest absolute Gasteiger partial charge is 0.332 e. The van der Waals surface area contributed by atoms with Crippen LogP contribution in [-0.2, 0) is 24.4 Å². The Hall–Kier alpha value is -3.56. The molecule has 2 aromatic carbocycles. The van der Waals surface area contributed by atoms with Crippen molar-refractivity contribution in [2.75, 3.05) is 26.2 Å². The van der Waals surface area contributed by atoms with Crippen LogP contribution in [0.2, 0.25) is 0 Å². The summed E-state index contributed by atoms with van der Waals surface area (Å²) < 4.78 is 17.0. The zero-order valence-corrected chi connectivity index (χ0v) is 19.9. The van der Waals surface area contributed by atoms with Crippen LogP contribution in [0.25, 0.3) is 10.2 Å². The molecule has 180 valence electrons. The molecule has 0 atom stereocenters. The Labute approximate surface area is 205 Å². The minimum atomic E-state index is -0.611. The molecule has 7 nitrogen and oxygen atoms in total. The first-order valence-corrected chi connectivity index (χ1v) is 12.4. The molecule has 2 aromatic heterocycles. The van der Waals surface area contributed by atoms with E-state index >= 15 is 0 Å². The van der Waals surface area contributed by atoms with Crippen molar-refractivity contribution in [2.45, 2.75) is 19.6 Å². The molecule has 0 unspecified atom stereocenters. The second-order valence-electron chi connectivity index (χ2n) is 8.63. The van der Waals surface area contributed by atoms with E-state index in [-0.39, 0.29) is 24.6 Å². The van der Waals surface area contributed by atoms with Crippen molar-refractivity contribution in [1.29, 1.82) is 0 Å². The van der Waals surface area contributed by atoms with Crippen LogP contribution in [0.5, 0.6) is 0 Å². The third-order valence-corrected chi connectivity index (χ3v) is 7.28. The van der Waals surface area contributed by atoms with Gasteiger partial charge in [-0.25, -0.2) is 9.18 Å². The minimum Gasteiger partial charge on any atom is -0.339 e. The van der Waals surface area contributed by atoms with Gasteiger partial charge in [-0.1, -0.05) is 48.5 Å². The van der Waals surface area contributed by atoms with Gasteiger partial charge in [0, 0.05) is 38.3 Å². The van der Waals surface area contributed by atoms with E-state index in [2.05, 4.69) is 17.0 Å². The molecule has 9 heteroatoms. The largest absolute Gasteiger partial charge is 0.339 e. The van der Waals surface area contributed by atoms with E-state index in [9.17, 15) is 18.8 Å². The average molecular weight is 493 g/mol. The number of rotatable bonds is 6. The summed E-state index contributed by atoms with van der Waals surface area (Å²) >= 11 is 1.21. The quantitative estimate of drug-likeness (QED) is 0.415. The van der Waals surface area contributed by atoms with Gasteiger partial charge in [0.2, 0.25) is 5.91 Å². The van der Waals surface area contributed by atoms with Crippen molar-refractivity contribution in [3.8, 4) is 0 Å². The molecule has 5 rings (SSSR count). The number of carbonyl (C=O) groups excluding carboxylic acids is 1. The second kappa shape index (κ2) is 9.97. The fourth-order valence-corrected chi connectivity index (χ4v) is 5.30.